The summed E-state index contributed by atoms with van der Waals surface area (Å²) < 4.78 is 38.6. The van der Waals surface area contributed by atoms with E-state index in [1.165, 1.54) is 12.1 Å². The van der Waals surface area contributed by atoms with Gasteiger partial charge in [-0.1, -0.05) is 25.1 Å². The second-order valence-electron chi connectivity index (χ2n) is 6.02. The predicted molar refractivity (Wildman–Crippen MR) is 81.4 cm³/mol. The Hall–Kier alpha value is -2.05. The number of carboxylic acid groups (broad SMARTS) is 1. The number of halogens is 3. The van der Waals surface area contributed by atoms with Gasteiger partial charge in [-0.15, -0.1) is 0 Å². The fraction of sp³-hybridized carbons (Fsp3) is 0.529. The van der Waals surface area contributed by atoms with Crippen LogP contribution in [-0.4, -0.2) is 35.0 Å². The highest BCUT2D eigenvalue weighted by Crippen LogP contribution is 2.33. The highest BCUT2D eigenvalue weighted by Gasteiger charge is 2.33. The van der Waals surface area contributed by atoms with Crippen LogP contribution in [0.3, 0.4) is 0 Å². The molecule has 1 amide bonds. The third kappa shape index (κ3) is 4.07. The predicted octanol–water partition coefficient (Wildman–Crippen LogP) is 3.52. The molecular formula is C17H20F3NO3. The van der Waals surface area contributed by atoms with Crippen molar-refractivity contribution in [2.24, 2.45) is 5.92 Å². The first kappa shape index (κ1) is 18.3. The summed E-state index contributed by atoms with van der Waals surface area (Å²) in [5, 5.41) is 8.99. The molecule has 0 saturated carbocycles. The number of carbonyl (C=O) groups excluding carboxylic acids is 1. The van der Waals surface area contributed by atoms with Crippen molar-refractivity contribution in [3.8, 4) is 0 Å². The first-order valence-corrected chi connectivity index (χ1v) is 7.92. The van der Waals surface area contributed by atoms with Gasteiger partial charge in [-0.05, 0) is 30.9 Å². The summed E-state index contributed by atoms with van der Waals surface area (Å²) in [5.74, 6) is -2.20. The maximum Gasteiger partial charge on any atom is 0.416 e. The molecule has 1 saturated heterocycles. The minimum Gasteiger partial charge on any atom is -0.481 e. The standard InChI is InChI=1S/C17H20F3NO3/c1-2-14(12-4-3-5-13(10-12)17(18,19)20)15(22)21-8-6-11(7-9-21)16(23)24/h3-5,10-11,14H,2,6-9H2,1H3,(H,23,24). The average molecular weight is 343 g/mol. The van der Waals surface area contributed by atoms with Crippen molar-refractivity contribution in [2.75, 3.05) is 13.1 Å². The van der Waals surface area contributed by atoms with Crippen LogP contribution >= 0.6 is 0 Å². The zero-order valence-corrected chi connectivity index (χ0v) is 13.3. The summed E-state index contributed by atoms with van der Waals surface area (Å²) >= 11 is 0. The van der Waals surface area contributed by atoms with Crippen LogP contribution in [0.25, 0.3) is 0 Å². The lowest BCUT2D eigenvalue weighted by Crippen LogP contribution is -2.42. The molecule has 0 aromatic heterocycles. The largest absolute Gasteiger partial charge is 0.481 e. The van der Waals surface area contributed by atoms with Crippen molar-refractivity contribution in [1.82, 2.24) is 4.90 Å². The van der Waals surface area contributed by atoms with E-state index in [1.807, 2.05) is 0 Å². The number of amides is 1. The Morgan fingerprint density at radius 1 is 1.29 bits per heavy atom. The van der Waals surface area contributed by atoms with E-state index in [4.69, 9.17) is 5.11 Å². The van der Waals surface area contributed by atoms with Crippen LogP contribution in [0.1, 0.15) is 43.2 Å². The number of carbonyl (C=O) groups is 2. The number of aliphatic carboxylic acids is 1. The Morgan fingerprint density at radius 3 is 2.42 bits per heavy atom. The third-order valence-electron chi connectivity index (χ3n) is 4.48. The van der Waals surface area contributed by atoms with Crippen LogP contribution in [0.15, 0.2) is 24.3 Å². The number of nitrogens with zero attached hydrogens (tertiary/aromatic N) is 1. The van der Waals surface area contributed by atoms with Crippen LogP contribution in [0.2, 0.25) is 0 Å². The van der Waals surface area contributed by atoms with Gasteiger partial charge in [-0.3, -0.25) is 9.59 Å². The van der Waals surface area contributed by atoms with Crippen molar-refractivity contribution in [3.05, 3.63) is 35.4 Å². The van der Waals surface area contributed by atoms with Gasteiger partial charge in [0, 0.05) is 13.1 Å². The highest BCUT2D eigenvalue weighted by atomic mass is 19.4. The average Bonchev–Trinajstić information content (AvgIpc) is 2.55. The van der Waals surface area contributed by atoms with E-state index in [2.05, 4.69) is 0 Å². The molecule has 132 valence electrons. The van der Waals surface area contributed by atoms with E-state index in [0.717, 1.165) is 12.1 Å². The van der Waals surface area contributed by atoms with E-state index in [9.17, 15) is 22.8 Å². The molecule has 7 heteroatoms. The van der Waals surface area contributed by atoms with Crippen molar-refractivity contribution >= 4 is 11.9 Å². The van der Waals surface area contributed by atoms with Crippen molar-refractivity contribution < 1.29 is 27.9 Å². The summed E-state index contributed by atoms with van der Waals surface area (Å²) in [6.45, 7) is 2.41. The summed E-state index contributed by atoms with van der Waals surface area (Å²) in [6.07, 6.45) is -3.31. The van der Waals surface area contributed by atoms with Crippen LogP contribution < -0.4 is 0 Å². The lowest BCUT2D eigenvalue weighted by molar-refractivity contribution is -0.146. The van der Waals surface area contributed by atoms with Gasteiger partial charge in [0.05, 0.1) is 17.4 Å². The minimum atomic E-state index is -4.45. The molecule has 1 N–H and O–H groups in total. The number of benzene rings is 1. The van der Waals surface area contributed by atoms with E-state index < -0.39 is 29.5 Å². The van der Waals surface area contributed by atoms with Crippen molar-refractivity contribution in [2.45, 2.75) is 38.3 Å². The van der Waals surface area contributed by atoms with Crippen molar-refractivity contribution in [3.63, 3.8) is 0 Å². The number of likely N-dealkylation sites (tertiary alicyclic amines) is 1. The second kappa shape index (κ2) is 7.23. The molecule has 1 unspecified atom stereocenters. The number of piperidine rings is 1. The van der Waals surface area contributed by atoms with Crippen LogP contribution in [0.4, 0.5) is 13.2 Å². The maximum atomic E-state index is 12.9. The molecule has 0 bridgehead atoms. The zero-order valence-electron chi connectivity index (χ0n) is 13.3. The minimum absolute atomic E-state index is 0.235. The first-order chi connectivity index (χ1) is 11.2. The molecule has 1 aliphatic heterocycles. The second-order valence-corrected chi connectivity index (χ2v) is 6.02. The Morgan fingerprint density at radius 2 is 1.92 bits per heavy atom. The number of carboxylic acids is 1. The highest BCUT2D eigenvalue weighted by molar-refractivity contribution is 5.84. The lowest BCUT2D eigenvalue weighted by Gasteiger charge is -2.33. The molecule has 1 heterocycles. The molecule has 0 spiro atoms. The maximum absolute atomic E-state index is 12.9. The fourth-order valence-electron chi connectivity index (χ4n) is 3.05. The van der Waals surface area contributed by atoms with Crippen LogP contribution in [0, 0.1) is 5.92 Å². The number of rotatable bonds is 4. The molecule has 1 aromatic carbocycles. The quantitative estimate of drug-likeness (QED) is 0.910. The SMILES string of the molecule is CCC(C(=O)N1CCC(C(=O)O)CC1)c1cccc(C(F)(F)F)c1. The Labute approximate surface area is 138 Å². The van der Waals surface area contributed by atoms with Crippen LogP contribution in [-0.2, 0) is 15.8 Å². The molecule has 1 aromatic rings. The molecule has 2 rings (SSSR count). The molecule has 1 aliphatic rings. The number of hydrogen-bond donors (Lipinski definition) is 1. The van der Waals surface area contributed by atoms with Gasteiger partial charge in [0.15, 0.2) is 0 Å². The molecule has 0 aliphatic carbocycles. The van der Waals surface area contributed by atoms with E-state index >= 15 is 0 Å². The molecule has 1 fully saturated rings. The molecule has 4 nitrogen and oxygen atoms in total. The van der Waals surface area contributed by atoms with Gasteiger partial charge in [-0.2, -0.15) is 13.2 Å². The van der Waals surface area contributed by atoms with E-state index in [0.29, 0.717) is 37.9 Å². The van der Waals surface area contributed by atoms with Gasteiger partial charge in [0.25, 0.3) is 0 Å². The fourth-order valence-corrected chi connectivity index (χ4v) is 3.05. The molecule has 0 radical (unpaired) electrons. The normalized spacial score (nSPS) is 17.6. The monoisotopic (exact) mass is 343 g/mol. The topological polar surface area (TPSA) is 57.6 Å². The van der Waals surface area contributed by atoms with Crippen LogP contribution in [0.5, 0.6) is 0 Å². The Bertz CT molecular complexity index is 607. The zero-order chi connectivity index (χ0) is 17.9. The smallest absolute Gasteiger partial charge is 0.416 e. The molecular weight excluding hydrogens is 323 g/mol. The van der Waals surface area contributed by atoms with Gasteiger partial charge < -0.3 is 10.0 Å². The van der Waals surface area contributed by atoms with Gasteiger partial charge >= 0.3 is 12.1 Å². The third-order valence-corrected chi connectivity index (χ3v) is 4.48. The Balaban J connectivity index is 2.14. The summed E-state index contributed by atoms with van der Waals surface area (Å²) in [5.41, 5.74) is -0.423. The summed E-state index contributed by atoms with van der Waals surface area (Å²) in [7, 11) is 0. The summed E-state index contributed by atoms with van der Waals surface area (Å²) in [6, 6.07) is 4.85. The number of hydrogen-bond acceptors (Lipinski definition) is 2. The first-order valence-electron chi connectivity index (χ1n) is 7.92. The molecule has 24 heavy (non-hydrogen) atoms. The van der Waals surface area contributed by atoms with E-state index in [-0.39, 0.29) is 5.91 Å². The van der Waals surface area contributed by atoms with E-state index in [1.54, 1.807) is 11.8 Å². The van der Waals surface area contributed by atoms with Crippen molar-refractivity contribution in [1.29, 1.82) is 0 Å². The Kier molecular flexibility index (Phi) is 5.51. The number of alkyl halides is 3. The van der Waals surface area contributed by atoms with Gasteiger partial charge in [0.1, 0.15) is 0 Å². The molecule has 1 atom stereocenters. The summed E-state index contributed by atoms with van der Waals surface area (Å²) in [4.78, 5) is 25.2. The van der Waals surface area contributed by atoms with Gasteiger partial charge in [-0.25, -0.2) is 0 Å². The van der Waals surface area contributed by atoms with Gasteiger partial charge in [0.2, 0.25) is 5.91 Å². The lowest BCUT2D eigenvalue weighted by atomic mass is 9.91.